The molecule has 0 spiro atoms. The second kappa shape index (κ2) is 9.89. The minimum absolute atomic E-state index is 0.111. The summed E-state index contributed by atoms with van der Waals surface area (Å²) in [5, 5.41) is 6.25. The molecule has 0 fully saturated rings. The summed E-state index contributed by atoms with van der Waals surface area (Å²) in [7, 11) is 0. The molecule has 4 aromatic rings. The molecule has 4 rings (SSSR count). The molecular formula is C24H17BrCl2N4O3. The summed E-state index contributed by atoms with van der Waals surface area (Å²) < 4.78 is 2.06. The second-order valence-electron chi connectivity index (χ2n) is 7.38. The van der Waals surface area contributed by atoms with Crippen LogP contribution in [0.5, 0.6) is 0 Å². The number of halogens is 3. The lowest BCUT2D eigenvalue weighted by atomic mass is 10.2. The monoisotopic (exact) mass is 558 g/mol. The highest BCUT2D eigenvalue weighted by Gasteiger charge is 2.22. The minimum Gasteiger partial charge on any atom is -0.321 e. The number of nitrogens with one attached hydrogen (secondary N) is 3. The molecule has 172 valence electrons. The van der Waals surface area contributed by atoms with Crippen molar-refractivity contribution in [2.24, 2.45) is 0 Å². The largest absolute Gasteiger partial charge is 0.328 e. The number of carbonyl (C=O) groups excluding carboxylic acids is 3. The van der Waals surface area contributed by atoms with Gasteiger partial charge in [-0.1, -0.05) is 62.9 Å². The summed E-state index contributed by atoms with van der Waals surface area (Å²) in [6.45, 7) is 1.94. The fourth-order valence-electron chi connectivity index (χ4n) is 3.24. The smallest absolute Gasteiger partial charge is 0.321 e. The Labute approximate surface area is 213 Å². The molecule has 0 unspecified atom stereocenters. The first-order valence-corrected chi connectivity index (χ1v) is 11.5. The van der Waals surface area contributed by atoms with Gasteiger partial charge >= 0.3 is 11.8 Å². The van der Waals surface area contributed by atoms with E-state index in [2.05, 4.69) is 32.0 Å². The van der Waals surface area contributed by atoms with E-state index in [1.165, 1.54) is 10.7 Å². The van der Waals surface area contributed by atoms with Gasteiger partial charge in [-0.2, -0.15) is 0 Å². The van der Waals surface area contributed by atoms with Gasteiger partial charge in [-0.3, -0.25) is 19.8 Å². The van der Waals surface area contributed by atoms with Gasteiger partial charge in [0, 0.05) is 15.5 Å². The van der Waals surface area contributed by atoms with E-state index in [-0.39, 0.29) is 21.4 Å². The quantitative estimate of drug-likeness (QED) is 0.268. The maximum absolute atomic E-state index is 13.1. The lowest BCUT2D eigenvalue weighted by Crippen LogP contribution is -2.36. The number of hydrogen-bond acceptors (Lipinski definition) is 3. The Hall–Kier alpha value is -3.33. The number of nitrogens with zero attached hydrogens (tertiary/aromatic N) is 1. The van der Waals surface area contributed by atoms with Crippen LogP contribution in [0.2, 0.25) is 10.0 Å². The Kier molecular flexibility index (Phi) is 6.92. The summed E-state index contributed by atoms with van der Waals surface area (Å²) in [4.78, 5) is 38.4. The van der Waals surface area contributed by atoms with Crippen LogP contribution in [0.3, 0.4) is 0 Å². The number of aromatic nitrogens is 1. The molecular weight excluding hydrogens is 543 g/mol. The summed E-state index contributed by atoms with van der Waals surface area (Å²) in [5.41, 5.74) is 4.99. The van der Waals surface area contributed by atoms with Gasteiger partial charge in [0.05, 0.1) is 21.2 Å². The normalized spacial score (nSPS) is 10.7. The number of amides is 3. The van der Waals surface area contributed by atoms with Crippen LogP contribution < -0.4 is 16.1 Å². The van der Waals surface area contributed by atoms with E-state index in [0.717, 1.165) is 10.0 Å². The van der Waals surface area contributed by atoms with Crippen molar-refractivity contribution in [3.05, 3.63) is 92.5 Å². The maximum atomic E-state index is 13.1. The molecule has 0 aliphatic rings. The van der Waals surface area contributed by atoms with Gasteiger partial charge in [0.1, 0.15) is 5.69 Å². The van der Waals surface area contributed by atoms with E-state index in [1.54, 1.807) is 48.5 Å². The Morgan fingerprint density at radius 2 is 1.62 bits per heavy atom. The number of fused-ring (bicyclic) bond motifs is 1. The zero-order valence-corrected chi connectivity index (χ0v) is 20.8. The van der Waals surface area contributed by atoms with Crippen molar-refractivity contribution in [1.29, 1.82) is 0 Å². The van der Waals surface area contributed by atoms with E-state index in [0.29, 0.717) is 16.6 Å². The average Bonchev–Trinajstić information content (AvgIpc) is 3.15. The Morgan fingerprint density at radius 3 is 2.35 bits per heavy atom. The zero-order valence-electron chi connectivity index (χ0n) is 17.7. The first kappa shape index (κ1) is 23.8. The number of hydrogen-bond donors (Lipinski definition) is 3. The standard InChI is InChI=1S/C24H17BrCl2N4O3/c1-13-5-8-16(9-6-13)28-22(32)20-12-14-11-15(25)7-10-19(14)31(20)30-24(34)23(33)29-18-4-2-3-17(26)21(18)27/h2-12H,1H3,(H,28,32)(H,29,33)(H,30,34). The molecule has 0 bridgehead atoms. The summed E-state index contributed by atoms with van der Waals surface area (Å²) in [5.74, 6) is -2.44. The van der Waals surface area contributed by atoms with Crippen LogP contribution in [0, 0.1) is 6.92 Å². The third kappa shape index (κ3) is 5.09. The van der Waals surface area contributed by atoms with Crippen LogP contribution in [-0.2, 0) is 9.59 Å². The minimum atomic E-state index is -0.999. The molecule has 1 aromatic heterocycles. The molecule has 3 N–H and O–H groups in total. The lowest BCUT2D eigenvalue weighted by Gasteiger charge is -2.13. The maximum Gasteiger partial charge on any atom is 0.328 e. The molecule has 34 heavy (non-hydrogen) atoms. The average molecular weight is 560 g/mol. The Bertz CT molecular complexity index is 1430. The predicted octanol–water partition coefficient (Wildman–Crippen LogP) is 5.98. The lowest BCUT2D eigenvalue weighted by molar-refractivity contribution is -0.133. The van der Waals surface area contributed by atoms with E-state index >= 15 is 0 Å². The van der Waals surface area contributed by atoms with E-state index in [9.17, 15) is 14.4 Å². The fraction of sp³-hybridized carbons (Fsp3) is 0.0417. The van der Waals surface area contributed by atoms with Crippen molar-refractivity contribution >= 4 is 79.1 Å². The van der Waals surface area contributed by atoms with Crippen molar-refractivity contribution < 1.29 is 14.4 Å². The molecule has 10 heteroatoms. The van der Waals surface area contributed by atoms with Crippen molar-refractivity contribution in [2.45, 2.75) is 6.92 Å². The van der Waals surface area contributed by atoms with Crippen LogP contribution in [0.4, 0.5) is 11.4 Å². The highest BCUT2D eigenvalue weighted by atomic mass is 79.9. The SMILES string of the molecule is Cc1ccc(NC(=O)c2cc3cc(Br)ccc3n2NC(=O)C(=O)Nc2cccc(Cl)c2Cl)cc1. The van der Waals surface area contributed by atoms with Gasteiger partial charge in [0.25, 0.3) is 5.91 Å². The number of benzene rings is 3. The summed E-state index contributed by atoms with van der Waals surface area (Å²) in [6.07, 6.45) is 0. The predicted molar refractivity (Wildman–Crippen MR) is 138 cm³/mol. The molecule has 0 aliphatic heterocycles. The van der Waals surface area contributed by atoms with Crippen molar-refractivity contribution in [3.8, 4) is 0 Å². The number of rotatable bonds is 4. The Morgan fingerprint density at radius 1 is 0.882 bits per heavy atom. The second-order valence-corrected chi connectivity index (χ2v) is 9.09. The highest BCUT2D eigenvalue weighted by molar-refractivity contribution is 9.10. The van der Waals surface area contributed by atoms with Crippen molar-refractivity contribution in [2.75, 3.05) is 16.1 Å². The van der Waals surface area contributed by atoms with Crippen LogP contribution >= 0.6 is 39.1 Å². The van der Waals surface area contributed by atoms with E-state index in [1.807, 2.05) is 19.1 Å². The summed E-state index contributed by atoms with van der Waals surface area (Å²) >= 11 is 15.5. The molecule has 0 radical (unpaired) electrons. The van der Waals surface area contributed by atoms with Crippen LogP contribution in [0.15, 0.2) is 71.2 Å². The third-order valence-corrected chi connectivity index (χ3v) is 6.24. The van der Waals surface area contributed by atoms with Crippen LogP contribution in [0.25, 0.3) is 10.9 Å². The van der Waals surface area contributed by atoms with Gasteiger partial charge < -0.3 is 10.6 Å². The first-order chi connectivity index (χ1) is 16.2. The molecule has 0 atom stereocenters. The highest BCUT2D eigenvalue weighted by Crippen LogP contribution is 2.29. The van der Waals surface area contributed by atoms with Crippen molar-refractivity contribution in [3.63, 3.8) is 0 Å². The molecule has 0 saturated heterocycles. The molecule has 7 nitrogen and oxygen atoms in total. The van der Waals surface area contributed by atoms with Gasteiger partial charge in [0.15, 0.2) is 0 Å². The van der Waals surface area contributed by atoms with Crippen LogP contribution in [0.1, 0.15) is 16.1 Å². The van der Waals surface area contributed by atoms with Gasteiger partial charge in [-0.05, 0) is 55.5 Å². The number of aryl methyl sites for hydroxylation is 1. The number of carbonyl (C=O) groups is 3. The summed E-state index contributed by atoms with van der Waals surface area (Å²) in [6, 6.07) is 18.9. The molecule has 3 amide bonds. The van der Waals surface area contributed by atoms with Crippen LogP contribution in [-0.4, -0.2) is 22.4 Å². The Balaban J connectivity index is 1.63. The van der Waals surface area contributed by atoms with Gasteiger partial charge in [-0.25, -0.2) is 4.68 Å². The van der Waals surface area contributed by atoms with E-state index in [4.69, 9.17) is 23.2 Å². The third-order valence-electron chi connectivity index (χ3n) is 4.93. The first-order valence-electron chi connectivity index (χ1n) is 9.98. The molecule has 3 aromatic carbocycles. The molecule has 0 saturated carbocycles. The zero-order chi connectivity index (χ0) is 24.4. The van der Waals surface area contributed by atoms with Gasteiger partial charge in [-0.15, -0.1) is 0 Å². The molecule has 0 aliphatic carbocycles. The topological polar surface area (TPSA) is 92.2 Å². The van der Waals surface area contributed by atoms with E-state index < -0.39 is 17.7 Å². The number of anilines is 2. The van der Waals surface area contributed by atoms with Crippen molar-refractivity contribution in [1.82, 2.24) is 4.68 Å². The molecule has 1 heterocycles. The van der Waals surface area contributed by atoms with Gasteiger partial charge in [0.2, 0.25) is 0 Å². The fourth-order valence-corrected chi connectivity index (χ4v) is 3.96.